The van der Waals surface area contributed by atoms with Crippen molar-refractivity contribution in [3.63, 3.8) is 0 Å². The number of hydrogen-bond acceptors (Lipinski definition) is 3. The second kappa shape index (κ2) is 5.29. The summed E-state index contributed by atoms with van der Waals surface area (Å²) in [5.41, 5.74) is 2.78. The van der Waals surface area contributed by atoms with Gasteiger partial charge in [-0.15, -0.1) is 0 Å². The number of benzene rings is 1. The molecule has 2 rings (SSSR count). The van der Waals surface area contributed by atoms with Gasteiger partial charge in [-0.05, 0) is 30.5 Å². The lowest BCUT2D eigenvalue weighted by Crippen LogP contribution is -2.41. The number of nitrogens with one attached hydrogen (secondary N) is 1. The summed E-state index contributed by atoms with van der Waals surface area (Å²) in [5.74, 6) is 6.58. The van der Waals surface area contributed by atoms with Crippen molar-refractivity contribution in [1.29, 1.82) is 0 Å². The van der Waals surface area contributed by atoms with E-state index in [1.807, 2.05) is 6.08 Å². The van der Waals surface area contributed by atoms with Crippen LogP contribution < -0.4 is 16.0 Å². The Balaban J connectivity index is 2.06. The van der Waals surface area contributed by atoms with Crippen LogP contribution in [0.25, 0.3) is 0 Å². The number of nitrogens with two attached hydrogens (primary N) is 1. The molecule has 1 aromatic carbocycles. The van der Waals surface area contributed by atoms with Crippen molar-refractivity contribution in [3.05, 3.63) is 41.9 Å². The van der Waals surface area contributed by atoms with E-state index in [1.54, 1.807) is 18.2 Å². The number of ether oxygens (including phenoxy) is 1. The van der Waals surface area contributed by atoms with Crippen molar-refractivity contribution in [3.8, 4) is 5.75 Å². The normalized spacial score (nSPS) is 24.3. The van der Waals surface area contributed by atoms with Gasteiger partial charge in [0.05, 0.1) is 0 Å². The van der Waals surface area contributed by atoms with Crippen LogP contribution in [0.1, 0.15) is 19.8 Å². The topological polar surface area (TPSA) is 47.3 Å². The van der Waals surface area contributed by atoms with Crippen molar-refractivity contribution < 1.29 is 9.13 Å². The molecule has 4 heteroatoms. The largest absolute Gasteiger partial charge is 0.459 e. The number of halogens is 1. The van der Waals surface area contributed by atoms with Gasteiger partial charge < -0.3 is 4.74 Å². The molecule has 0 spiro atoms. The van der Waals surface area contributed by atoms with Crippen molar-refractivity contribution in [2.75, 3.05) is 0 Å². The van der Waals surface area contributed by atoms with E-state index in [2.05, 4.69) is 12.3 Å². The molecule has 2 atom stereocenters. The Morgan fingerprint density at radius 3 is 2.82 bits per heavy atom. The molecule has 1 aromatic rings. The lowest BCUT2D eigenvalue weighted by Gasteiger charge is -2.27. The Morgan fingerprint density at radius 2 is 2.18 bits per heavy atom. The third-order valence-corrected chi connectivity index (χ3v) is 3.10. The molecule has 0 saturated carbocycles. The summed E-state index contributed by atoms with van der Waals surface area (Å²) in [7, 11) is 0. The van der Waals surface area contributed by atoms with Crippen LogP contribution in [0, 0.1) is 11.7 Å². The number of allylic oxidation sites excluding steroid dienone is 1. The monoisotopic (exact) mass is 236 g/mol. The maximum absolute atomic E-state index is 13.4. The molecule has 0 saturated heterocycles. The Labute approximate surface area is 100 Å². The number of hydrazine groups is 1. The fourth-order valence-corrected chi connectivity index (χ4v) is 2.02. The van der Waals surface area contributed by atoms with Gasteiger partial charge in [-0.2, -0.15) is 0 Å². The van der Waals surface area contributed by atoms with E-state index in [0.717, 1.165) is 18.6 Å². The average Bonchev–Trinajstić information content (AvgIpc) is 2.32. The SMILES string of the molecule is CC1CC(Oc2ccccc2F)=CCC1NN. The Bertz CT molecular complexity index is 420. The van der Waals surface area contributed by atoms with Crippen molar-refractivity contribution in [2.24, 2.45) is 11.8 Å². The summed E-state index contributed by atoms with van der Waals surface area (Å²) in [5, 5.41) is 0. The third-order valence-electron chi connectivity index (χ3n) is 3.10. The minimum absolute atomic E-state index is 0.267. The van der Waals surface area contributed by atoms with E-state index in [-0.39, 0.29) is 17.6 Å². The van der Waals surface area contributed by atoms with Crippen LogP contribution in [0.3, 0.4) is 0 Å². The summed E-state index contributed by atoms with van der Waals surface area (Å²) in [6.45, 7) is 2.10. The standard InChI is InChI=1S/C13H17FN2O/c1-9-8-10(6-7-12(9)16-15)17-13-5-3-2-4-11(13)14/h2-6,9,12,16H,7-8,15H2,1H3. The molecule has 0 aliphatic heterocycles. The summed E-state index contributed by atoms with van der Waals surface area (Å²) >= 11 is 0. The van der Waals surface area contributed by atoms with E-state index in [0.29, 0.717) is 5.92 Å². The van der Waals surface area contributed by atoms with Gasteiger partial charge in [-0.25, -0.2) is 4.39 Å². The lowest BCUT2D eigenvalue weighted by molar-refractivity contribution is 0.290. The zero-order valence-corrected chi connectivity index (χ0v) is 9.82. The molecule has 1 aliphatic carbocycles. The van der Waals surface area contributed by atoms with Gasteiger partial charge in [0.25, 0.3) is 0 Å². The predicted octanol–water partition coefficient (Wildman–Crippen LogP) is 2.35. The van der Waals surface area contributed by atoms with Gasteiger partial charge in [0, 0.05) is 12.5 Å². The molecule has 17 heavy (non-hydrogen) atoms. The molecule has 3 nitrogen and oxygen atoms in total. The second-order valence-electron chi connectivity index (χ2n) is 4.39. The number of hydrogen-bond donors (Lipinski definition) is 2. The molecule has 1 aliphatic rings. The summed E-state index contributed by atoms with van der Waals surface area (Å²) in [6.07, 6.45) is 3.54. The summed E-state index contributed by atoms with van der Waals surface area (Å²) in [4.78, 5) is 0. The first-order valence-electron chi connectivity index (χ1n) is 5.78. The minimum atomic E-state index is -0.333. The van der Waals surface area contributed by atoms with Crippen molar-refractivity contribution >= 4 is 0 Å². The zero-order chi connectivity index (χ0) is 12.3. The maximum atomic E-state index is 13.4. The molecule has 92 valence electrons. The second-order valence-corrected chi connectivity index (χ2v) is 4.39. The minimum Gasteiger partial charge on any atom is -0.459 e. The van der Waals surface area contributed by atoms with E-state index in [1.165, 1.54) is 6.07 Å². The first kappa shape index (κ1) is 12.1. The highest BCUT2D eigenvalue weighted by molar-refractivity contribution is 5.26. The molecule has 0 aromatic heterocycles. The van der Waals surface area contributed by atoms with Crippen LogP contribution in [0.2, 0.25) is 0 Å². The zero-order valence-electron chi connectivity index (χ0n) is 9.82. The molecular formula is C13H17FN2O. The molecular weight excluding hydrogens is 219 g/mol. The average molecular weight is 236 g/mol. The molecule has 0 heterocycles. The lowest BCUT2D eigenvalue weighted by atomic mass is 9.90. The molecule has 0 radical (unpaired) electrons. The number of para-hydroxylation sites is 1. The highest BCUT2D eigenvalue weighted by Gasteiger charge is 2.22. The fourth-order valence-electron chi connectivity index (χ4n) is 2.02. The first-order valence-corrected chi connectivity index (χ1v) is 5.78. The van der Waals surface area contributed by atoms with Crippen LogP contribution in [-0.4, -0.2) is 6.04 Å². The highest BCUT2D eigenvalue weighted by Crippen LogP contribution is 2.27. The predicted molar refractivity (Wildman–Crippen MR) is 64.6 cm³/mol. The maximum Gasteiger partial charge on any atom is 0.165 e. The van der Waals surface area contributed by atoms with E-state index >= 15 is 0 Å². The highest BCUT2D eigenvalue weighted by atomic mass is 19.1. The van der Waals surface area contributed by atoms with Gasteiger partial charge in [0.1, 0.15) is 5.76 Å². The Morgan fingerprint density at radius 1 is 1.41 bits per heavy atom. The van der Waals surface area contributed by atoms with Crippen LogP contribution in [0.4, 0.5) is 4.39 Å². The van der Waals surface area contributed by atoms with E-state index in [9.17, 15) is 4.39 Å². The van der Waals surface area contributed by atoms with Crippen molar-refractivity contribution in [1.82, 2.24) is 5.43 Å². The van der Waals surface area contributed by atoms with Crippen LogP contribution in [-0.2, 0) is 0 Å². The molecule has 2 unspecified atom stereocenters. The first-order chi connectivity index (χ1) is 8.20. The summed E-state index contributed by atoms with van der Waals surface area (Å²) in [6, 6.07) is 6.70. The Hall–Kier alpha value is -1.39. The van der Waals surface area contributed by atoms with Gasteiger partial charge >= 0.3 is 0 Å². The summed E-state index contributed by atoms with van der Waals surface area (Å²) < 4.78 is 19.0. The molecule has 0 amide bonds. The fraction of sp³-hybridized carbons (Fsp3) is 0.385. The number of rotatable bonds is 3. The van der Waals surface area contributed by atoms with Gasteiger partial charge in [0.15, 0.2) is 11.6 Å². The Kier molecular flexibility index (Phi) is 3.76. The van der Waals surface area contributed by atoms with Crippen LogP contribution >= 0.6 is 0 Å². The van der Waals surface area contributed by atoms with Crippen molar-refractivity contribution in [2.45, 2.75) is 25.8 Å². The van der Waals surface area contributed by atoms with Gasteiger partial charge in [-0.1, -0.05) is 19.1 Å². The van der Waals surface area contributed by atoms with E-state index in [4.69, 9.17) is 10.6 Å². The van der Waals surface area contributed by atoms with Gasteiger partial charge in [0.2, 0.25) is 0 Å². The van der Waals surface area contributed by atoms with Crippen LogP contribution in [0.15, 0.2) is 36.1 Å². The van der Waals surface area contributed by atoms with Gasteiger partial charge in [-0.3, -0.25) is 11.3 Å². The quantitative estimate of drug-likeness (QED) is 0.625. The van der Waals surface area contributed by atoms with Crippen LogP contribution in [0.5, 0.6) is 5.75 Å². The molecule has 0 fully saturated rings. The smallest absolute Gasteiger partial charge is 0.165 e. The molecule has 3 N–H and O–H groups in total. The van der Waals surface area contributed by atoms with E-state index < -0.39 is 0 Å². The third kappa shape index (κ3) is 2.84. The molecule has 0 bridgehead atoms.